The molecule has 5 heteroatoms. The molecule has 1 fully saturated rings. The molecule has 1 unspecified atom stereocenters. The van der Waals surface area contributed by atoms with Gasteiger partial charge in [0.2, 0.25) is 5.91 Å². The highest BCUT2D eigenvalue weighted by molar-refractivity contribution is 5.80. The van der Waals surface area contributed by atoms with E-state index in [1.54, 1.807) is 0 Å². The third kappa shape index (κ3) is 3.04. The zero-order valence-corrected chi connectivity index (χ0v) is 13.3. The molecule has 3 rings (SSSR count). The second-order valence-electron chi connectivity index (χ2n) is 6.00. The van der Waals surface area contributed by atoms with Gasteiger partial charge in [-0.15, -0.1) is 0 Å². The molecule has 120 valence electrons. The summed E-state index contributed by atoms with van der Waals surface area (Å²) in [7, 11) is 0. The zero-order valence-electron chi connectivity index (χ0n) is 13.3. The van der Waals surface area contributed by atoms with E-state index in [4.69, 9.17) is 9.47 Å². The lowest BCUT2D eigenvalue weighted by Crippen LogP contribution is -2.54. The average Bonchev–Trinajstić information content (AvgIpc) is 2.54. The van der Waals surface area contributed by atoms with E-state index in [0.717, 1.165) is 43.1 Å². The molecular weight excluding hydrogens is 280 g/mol. The zero-order chi connectivity index (χ0) is 15.5. The summed E-state index contributed by atoms with van der Waals surface area (Å²) in [6, 6.07) is 6.11. The van der Waals surface area contributed by atoms with Gasteiger partial charge in [-0.1, -0.05) is 0 Å². The van der Waals surface area contributed by atoms with Gasteiger partial charge in [-0.3, -0.25) is 4.79 Å². The molecule has 0 spiro atoms. The first-order valence-electron chi connectivity index (χ1n) is 8.08. The molecule has 2 atom stereocenters. The maximum absolute atomic E-state index is 12.8. The quantitative estimate of drug-likeness (QED) is 0.918. The topological polar surface area (TPSA) is 50.8 Å². The van der Waals surface area contributed by atoms with Crippen LogP contribution in [0.1, 0.15) is 19.4 Å². The van der Waals surface area contributed by atoms with E-state index < -0.39 is 0 Å². The summed E-state index contributed by atoms with van der Waals surface area (Å²) in [6.07, 6.45) is 0.728. The van der Waals surface area contributed by atoms with Crippen LogP contribution in [0.25, 0.3) is 0 Å². The number of hydrogen-bond donors (Lipinski definition) is 1. The Bertz CT molecular complexity index is 547. The van der Waals surface area contributed by atoms with Crippen molar-refractivity contribution in [1.82, 2.24) is 10.2 Å². The summed E-state index contributed by atoms with van der Waals surface area (Å²) in [5, 5.41) is 3.32. The number of piperazine rings is 1. The van der Waals surface area contributed by atoms with Gasteiger partial charge in [-0.25, -0.2) is 0 Å². The van der Waals surface area contributed by atoms with Gasteiger partial charge < -0.3 is 19.7 Å². The molecule has 0 aromatic heterocycles. The molecule has 1 amide bonds. The van der Waals surface area contributed by atoms with E-state index >= 15 is 0 Å². The van der Waals surface area contributed by atoms with Crippen LogP contribution in [0.15, 0.2) is 18.2 Å². The standard InChI is InChI=1S/C17H24N2O3/c1-3-21-15-4-5-16-13(9-15)8-14(11-22-16)17(20)19-7-6-18-10-12(19)2/h4-5,9,12,14,18H,3,6-8,10-11H2,1-2H3/t12-,14?/m1/s1. The lowest BCUT2D eigenvalue weighted by molar-refractivity contribution is -0.139. The Labute approximate surface area is 131 Å². The molecule has 0 aliphatic carbocycles. The lowest BCUT2D eigenvalue weighted by Gasteiger charge is -2.37. The predicted molar refractivity (Wildman–Crippen MR) is 84.3 cm³/mol. The molecule has 0 radical (unpaired) electrons. The van der Waals surface area contributed by atoms with Crippen LogP contribution in [0.2, 0.25) is 0 Å². The van der Waals surface area contributed by atoms with E-state index in [2.05, 4.69) is 12.2 Å². The number of nitrogens with one attached hydrogen (secondary N) is 1. The van der Waals surface area contributed by atoms with Crippen molar-refractivity contribution in [3.8, 4) is 11.5 Å². The first-order chi connectivity index (χ1) is 10.7. The number of nitrogens with zero attached hydrogens (tertiary/aromatic N) is 1. The molecule has 1 N–H and O–H groups in total. The Morgan fingerprint density at radius 1 is 1.50 bits per heavy atom. The van der Waals surface area contributed by atoms with Crippen molar-refractivity contribution in [1.29, 1.82) is 0 Å². The normalized spacial score (nSPS) is 24.4. The molecule has 1 aromatic carbocycles. The number of hydrogen-bond acceptors (Lipinski definition) is 4. The van der Waals surface area contributed by atoms with Crippen molar-refractivity contribution in [3.63, 3.8) is 0 Å². The first-order valence-corrected chi connectivity index (χ1v) is 8.08. The van der Waals surface area contributed by atoms with Gasteiger partial charge in [0.1, 0.15) is 18.1 Å². The van der Waals surface area contributed by atoms with Crippen LogP contribution in [-0.2, 0) is 11.2 Å². The van der Waals surface area contributed by atoms with Gasteiger partial charge in [0, 0.05) is 25.7 Å². The predicted octanol–water partition coefficient (Wildman–Crippen LogP) is 1.46. The van der Waals surface area contributed by atoms with Crippen LogP contribution in [0.3, 0.4) is 0 Å². The fraction of sp³-hybridized carbons (Fsp3) is 0.588. The molecule has 5 nitrogen and oxygen atoms in total. The summed E-state index contributed by atoms with van der Waals surface area (Å²) >= 11 is 0. The summed E-state index contributed by atoms with van der Waals surface area (Å²) in [6.45, 7) is 7.68. The van der Waals surface area contributed by atoms with E-state index in [1.165, 1.54) is 0 Å². The van der Waals surface area contributed by atoms with E-state index in [1.807, 2.05) is 30.0 Å². The van der Waals surface area contributed by atoms with Gasteiger partial charge in [0.15, 0.2) is 0 Å². The number of benzene rings is 1. The third-order valence-electron chi connectivity index (χ3n) is 4.38. The lowest BCUT2D eigenvalue weighted by atomic mass is 9.94. The van der Waals surface area contributed by atoms with Gasteiger partial charge in [-0.05, 0) is 44.0 Å². The minimum Gasteiger partial charge on any atom is -0.494 e. The van der Waals surface area contributed by atoms with Crippen molar-refractivity contribution < 1.29 is 14.3 Å². The smallest absolute Gasteiger partial charge is 0.229 e. The number of carbonyl (C=O) groups is 1. The molecule has 1 aromatic rings. The van der Waals surface area contributed by atoms with Crippen LogP contribution in [0.4, 0.5) is 0 Å². The van der Waals surface area contributed by atoms with Gasteiger partial charge >= 0.3 is 0 Å². The highest BCUT2D eigenvalue weighted by Crippen LogP contribution is 2.31. The maximum Gasteiger partial charge on any atom is 0.229 e. The molecule has 2 heterocycles. The second kappa shape index (κ2) is 6.57. The monoisotopic (exact) mass is 304 g/mol. The van der Waals surface area contributed by atoms with E-state index in [9.17, 15) is 4.79 Å². The Balaban J connectivity index is 1.72. The number of rotatable bonds is 3. The Kier molecular flexibility index (Phi) is 4.52. The summed E-state index contributed by atoms with van der Waals surface area (Å²) in [5.74, 6) is 1.83. The fourth-order valence-electron chi connectivity index (χ4n) is 3.19. The minimum atomic E-state index is -0.0927. The van der Waals surface area contributed by atoms with Crippen LogP contribution in [-0.4, -0.2) is 49.7 Å². The number of amides is 1. The van der Waals surface area contributed by atoms with Crippen molar-refractivity contribution >= 4 is 5.91 Å². The van der Waals surface area contributed by atoms with Crippen molar-refractivity contribution in [2.24, 2.45) is 5.92 Å². The Morgan fingerprint density at radius 2 is 2.36 bits per heavy atom. The van der Waals surface area contributed by atoms with Crippen molar-refractivity contribution in [2.75, 3.05) is 32.8 Å². The molecule has 2 aliphatic heterocycles. The fourth-order valence-corrected chi connectivity index (χ4v) is 3.19. The summed E-state index contributed by atoms with van der Waals surface area (Å²) in [4.78, 5) is 14.8. The highest BCUT2D eigenvalue weighted by Gasteiger charge is 2.32. The van der Waals surface area contributed by atoms with Gasteiger partial charge in [0.25, 0.3) is 0 Å². The number of fused-ring (bicyclic) bond motifs is 1. The molecule has 0 bridgehead atoms. The van der Waals surface area contributed by atoms with Crippen LogP contribution in [0, 0.1) is 5.92 Å². The Hall–Kier alpha value is -1.75. The molecule has 1 saturated heterocycles. The second-order valence-corrected chi connectivity index (χ2v) is 6.00. The first kappa shape index (κ1) is 15.2. The molecule has 22 heavy (non-hydrogen) atoms. The van der Waals surface area contributed by atoms with Crippen molar-refractivity contribution in [3.05, 3.63) is 23.8 Å². The van der Waals surface area contributed by atoms with Gasteiger partial charge in [-0.2, -0.15) is 0 Å². The van der Waals surface area contributed by atoms with E-state index in [0.29, 0.717) is 13.2 Å². The van der Waals surface area contributed by atoms with E-state index in [-0.39, 0.29) is 17.9 Å². The maximum atomic E-state index is 12.8. The molecular formula is C17H24N2O3. The summed E-state index contributed by atoms with van der Waals surface area (Å²) in [5.41, 5.74) is 1.07. The number of carbonyl (C=O) groups excluding carboxylic acids is 1. The molecule has 2 aliphatic rings. The molecule has 0 saturated carbocycles. The van der Waals surface area contributed by atoms with Crippen LogP contribution < -0.4 is 14.8 Å². The third-order valence-corrected chi connectivity index (χ3v) is 4.38. The minimum absolute atomic E-state index is 0.0927. The van der Waals surface area contributed by atoms with Crippen LogP contribution >= 0.6 is 0 Å². The number of ether oxygens (including phenoxy) is 2. The highest BCUT2D eigenvalue weighted by atomic mass is 16.5. The van der Waals surface area contributed by atoms with Crippen LogP contribution in [0.5, 0.6) is 11.5 Å². The average molecular weight is 304 g/mol. The van der Waals surface area contributed by atoms with Gasteiger partial charge in [0.05, 0.1) is 12.5 Å². The van der Waals surface area contributed by atoms with Crippen molar-refractivity contribution in [2.45, 2.75) is 26.3 Å². The Morgan fingerprint density at radius 3 is 3.14 bits per heavy atom. The SMILES string of the molecule is CCOc1ccc2c(c1)CC(C(=O)N1CCNC[C@H]1C)CO2. The largest absolute Gasteiger partial charge is 0.494 e. The summed E-state index contributed by atoms with van der Waals surface area (Å²) < 4.78 is 11.3.